The number of aromatic nitrogens is 5. The lowest BCUT2D eigenvalue weighted by molar-refractivity contribution is -0.127. The molecule has 0 atom stereocenters. The molecule has 1 aromatic carbocycles. The van der Waals surface area contributed by atoms with E-state index < -0.39 is 12.6 Å². The Morgan fingerprint density at radius 2 is 2.08 bits per heavy atom. The van der Waals surface area contributed by atoms with Crippen molar-refractivity contribution in [1.82, 2.24) is 25.0 Å². The number of hydrogen-bond donors (Lipinski definition) is 2. The zero-order valence-corrected chi connectivity index (χ0v) is 13.1. The average molecular weight is 346 g/mol. The number of alkyl halides is 3. The standard InChI is InChI=1S/C16H13F3N6/c1-25-13-7-9(4-5-10(13)12(24-25)8-16(17,18)19)21-15-14-11(22-23-15)3-2-6-20-14/h2-7H,8H2,1H3,(H2,21,22,23). The summed E-state index contributed by atoms with van der Waals surface area (Å²) in [6.45, 7) is 0. The lowest BCUT2D eigenvalue weighted by atomic mass is 10.1. The van der Waals surface area contributed by atoms with Crippen LogP contribution in [0.4, 0.5) is 24.7 Å². The monoisotopic (exact) mass is 346 g/mol. The van der Waals surface area contributed by atoms with Crippen molar-refractivity contribution < 1.29 is 13.2 Å². The summed E-state index contributed by atoms with van der Waals surface area (Å²) >= 11 is 0. The van der Waals surface area contributed by atoms with Gasteiger partial charge in [0, 0.05) is 24.3 Å². The van der Waals surface area contributed by atoms with Crippen LogP contribution < -0.4 is 5.32 Å². The van der Waals surface area contributed by atoms with Gasteiger partial charge in [-0.3, -0.25) is 14.8 Å². The van der Waals surface area contributed by atoms with Gasteiger partial charge in [-0.1, -0.05) is 0 Å². The molecule has 128 valence electrons. The van der Waals surface area contributed by atoms with Crippen molar-refractivity contribution >= 4 is 33.4 Å². The molecular formula is C16H13F3N6. The van der Waals surface area contributed by atoms with Gasteiger partial charge in [-0.15, -0.1) is 0 Å². The molecule has 25 heavy (non-hydrogen) atoms. The smallest absolute Gasteiger partial charge is 0.337 e. The molecule has 6 nitrogen and oxygen atoms in total. The van der Waals surface area contributed by atoms with E-state index >= 15 is 0 Å². The Kier molecular flexibility index (Phi) is 3.38. The van der Waals surface area contributed by atoms with Gasteiger partial charge in [0.25, 0.3) is 0 Å². The maximum absolute atomic E-state index is 12.7. The van der Waals surface area contributed by atoms with Crippen LogP contribution in [0.3, 0.4) is 0 Å². The first-order valence-electron chi connectivity index (χ1n) is 7.49. The molecule has 9 heteroatoms. The van der Waals surface area contributed by atoms with Crippen molar-refractivity contribution in [3.63, 3.8) is 0 Å². The number of H-pyrrole nitrogens is 1. The number of nitrogens with zero attached hydrogens (tertiary/aromatic N) is 4. The van der Waals surface area contributed by atoms with Crippen LogP contribution >= 0.6 is 0 Å². The molecule has 0 aliphatic rings. The van der Waals surface area contributed by atoms with Crippen molar-refractivity contribution in [1.29, 1.82) is 0 Å². The predicted molar refractivity (Wildman–Crippen MR) is 87.6 cm³/mol. The SMILES string of the molecule is Cn1nc(CC(F)(F)F)c2ccc(Nc3n[nH]c4cccnc34)cc21. The van der Waals surface area contributed by atoms with Crippen LogP contribution in [-0.4, -0.2) is 31.1 Å². The number of fused-ring (bicyclic) bond motifs is 2. The number of nitrogens with one attached hydrogen (secondary N) is 2. The Labute approximate surface area is 139 Å². The predicted octanol–water partition coefficient (Wildman–Crippen LogP) is 3.69. The zero-order valence-electron chi connectivity index (χ0n) is 13.1. The third kappa shape index (κ3) is 2.88. The Hall–Kier alpha value is -3.10. The van der Waals surface area contributed by atoms with Crippen LogP contribution in [0.15, 0.2) is 36.5 Å². The van der Waals surface area contributed by atoms with Crippen LogP contribution in [0.1, 0.15) is 5.69 Å². The van der Waals surface area contributed by atoms with E-state index in [-0.39, 0.29) is 5.69 Å². The Morgan fingerprint density at radius 1 is 1.24 bits per heavy atom. The molecular weight excluding hydrogens is 333 g/mol. The number of rotatable bonds is 3. The normalized spacial score (nSPS) is 12.2. The van der Waals surface area contributed by atoms with Gasteiger partial charge in [0.05, 0.1) is 23.1 Å². The third-order valence-corrected chi connectivity index (χ3v) is 3.88. The first-order chi connectivity index (χ1) is 11.9. The number of aryl methyl sites for hydroxylation is 1. The third-order valence-electron chi connectivity index (χ3n) is 3.88. The minimum Gasteiger partial charge on any atom is -0.337 e. The molecule has 0 fully saturated rings. The highest BCUT2D eigenvalue weighted by molar-refractivity contribution is 5.90. The number of anilines is 2. The molecule has 4 aromatic rings. The first kappa shape index (κ1) is 15.4. The maximum atomic E-state index is 12.7. The quantitative estimate of drug-likeness (QED) is 0.593. The number of halogens is 3. The van der Waals surface area contributed by atoms with Gasteiger partial charge in [0.15, 0.2) is 5.82 Å². The summed E-state index contributed by atoms with van der Waals surface area (Å²) in [4.78, 5) is 4.26. The molecule has 3 aromatic heterocycles. The van der Waals surface area contributed by atoms with E-state index in [2.05, 4.69) is 25.6 Å². The highest BCUT2D eigenvalue weighted by atomic mass is 19.4. The summed E-state index contributed by atoms with van der Waals surface area (Å²) in [5.74, 6) is 0.549. The first-order valence-corrected chi connectivity index (χ1v) is 7.49. The summed E-state index contributed by atoms with van der Waals surface area (Å²) in [6.07, 6.45) is -3.68. The fourth-order valence-corrected chi connectivity index (χ4v) is 2.81. The minimum atomic E-state index is -4.29. The van der Waals surface area contributed by atoms with Crippen molar-refractivity contribution in [2.24, 2.45) is 7.05 Å². The van der Waals surface area contributed by atoms with Gasteiger partial charge < -0.3 is 5.32 Å². The second kappa shape index (κ2) is 5.47. The van der Waals surface area contributed by atoms with E-state index in [1.54, 1.807) is 37.5 Å². The van der Waals surface area contributed by atoms with Crippen LogP contribution in [0.2, 0.25) is 0 Å². The van der Waals surface area contributed by atoms with Crippen molar-refractivity contribution in [3.05, 3.63) is 42.2 Å². The highest BCUT2D eigenvalue weighted by Gasteiger charge is 2.30. The van der Waals surface area contributed by atoms with Gasteiger partial charge in [-0.05, 0) is 30.3 Å². The number of aromatic amines is 1. The molecule has 0 saturated heterocycles. The number of pyridine rings is 1. The van der Waals surface area contributed by atoms with Crippen molar-refractivity contribution in [3.8, 4) is 0 Å². The van der Waals surface area contributed by atoms with Crippen molar-refractivity contribution in [2.75, 3.05) is 5.32 Å². The molecule has 4 rings (SSSR count). The molecule has 0 amide bonds. The topological polar surface area (TPSA) is 71.4 Å². The summed E-state index contributed by atoms with van der Waals surface area (Å²) in [7, 11) is 1.62. The zero-order chi connectivity index (χ0) is 17.6. The second-order valence-corrected chi connectivity index (χ2v) is 5.69. The van der Waals surface area contributed by atoms with Gasteiger partial charge in [0.1, 0.15) is 5.52 Å². The summed E-state index contributed by atoms with van der Waals surface area (Å²) < 4.78 is 39.5. The van der Waals surface area contributed by atoms with E-state index in [9.17, 15) is 13.2 Å². The van der Waals surface area contributed by atoms with Crippen LogP contribution in [0.5, 0.6) is 0 Å². The number of hydrogen-bond acceptors (Lipinski definition) is 4. The van der Waals surface area contributed by atoms with Crippen LogP contribution in [0.25, 0.3) is 21.9 Å². The largest absolute Gasteiger partial charge is 0.394 e. The Morgan fingerprint density at radius 3 is 2.88 bits per heavy atom. The van der Waals surface area contributed by atoms with Crippen LogP contribution in [0, 0.1) is 0 Å². The number of benzene rings is 1. The van der Waals surface area contributed by atoms with E-state index in [0.717, 1.165) is 5.52 Å². The second-order valence-electron chi connectivity index (χ2n) is 5.69. The Balaban J connectivity index is 1.71. The van der Waals surface area contributed by atoms with Gasteiger partial charge in [-0.2, -0.15) is 23.4 Å². The van der Waals surface area contributed by atoms with E-state index in [1.165, 1.54) is 4.68 Å². The van der Waals surface area contributed by atoms with Gasteiger partial charge in [0.2, 0.25) is 0 Å². The molecule has 0 spiro atoms. The van der Waals surface area contributed by atoms with E-state index in [1.807, 2.05) is 6.07 Å². The summed E-state index contributed by atoms with van der Waals surface area (Å²) in [6, 6.07) is 8.73. The lowest BCUT2D eigenvalue weighted by Gasteiger charge is -2.05. The van der Waals surface area contributed by atoms with E-state index in [4.69, 9.17) is 0 Å². The molecule has 2 N–H and O–H groups in total. The minimum absolute atomic E-state index is 0.0171. The van der Waals surface area contributed by atoms with Crippen molar-refractivity contribution in [2.45, 2.75) is 12.6 Å². The maximum Gasteiger partial charge on any atom is 0.394 e. The molecule has 0 aliphatic heterocycles. The molecule has 3 heterocycles. The fourth-order valence-electron chi connectivity index (χ4n) is 2.81. The molecule has 0 bridgehead atoms. The van der Waals surface area contributed by atoms with Gasteiger partial charge in [-0.25, -0.2) is 0 Å². The fraction of sp³-hybridized carbons (Fsp3) is 0.188. The van der Waals surface area contributed by atoms with E-state index in [0.29, 0.717) is 27.9 Å². The molecule has 0 unspecified atom stereocenters. The molecule has 0 radical (unpaired) electrons. The molecule has 0 saturated carbocycles. The molecule has 0 aliphatic carbocycles. The average Bonchev–Trinajstić information content (AvgIpc) is 3.08. The highest BCUT2D eigenvalue weighted by Crippen LogP contribution is 2.29. The van der Waals surface area contributed by atoms with Crippen LogP contribution in [-0.2, 0) is 13.5 Å². The van der Waals surface area contributed by atoms with Gasteiger partial charge >= 0.3 is 6.18 Å². The summed E-state index contributed by atoms with van der Waals surface area (Å²) in [5, 5.41) is 14.7. The Bertz CT molecular complexity index is 1060. The summed E-state index contributed by atoms with van der Waals surface area (Å²) in [5.41, 5.74) is 2.79. The lowest BCUT2D eigenvalue weighted by Crippen LogP contribution is -2.12.